The SMILES string of the molecule is O=C(O)[C@@H]1CCCN1C(=O)c1cnc2ccccn2c1=O. The van der Waals surface area contributed by atoms with Gasteiger partial charge in [0, 0.05) is 18.9 Å². The van der Waals surface area contributed by atoms with Gasteiger partial charge in [0.1, 0.15) is 17.3 Å². The molecule has 0 aromatic carbocycles. The van der Waals surface area contributed by atoms with E-state index in [0.717, 1.165) is 0 Å². The Kier molecular flexibility index (Phi) is 3.17. The highest BCUT2D eigenvalue weighted by atomic mass is 16.4. The molecule has 2 aromatic heterocycles. The molecule has 1 amide bonds. The molecule has 108 valence electrons. The first-order valence-corrected chi connectivity index (χ1v) is 6.60. The maximum absolute atomic E-state index is 12.4. The molecule has 0 saturated carbocycles. The topological polar surface area (TPSA) is 92.0 Å². The monoisotopic (exact) mass is 287 g/mol. The lowest BCUT2D eigenvalue weighted by atomic mass is 10.2. The molecule has 0 radical (unpaired) electrons. The number of aromatic nitrogens is 2. The maximum Gasteiger partial charge on any atom is 0.326 e. The number of hydrogen-bond donors (Lipinski definition) is 1. The number of likely N-dealkylation sites (tertiary alicyclic amines) is 1. The van der Waals surface area contributed by atoms with Crippen molar-refractivity contribution in [3.63, 3.8) is 0 Å². The van der Waals surface area contributed by atoms with Gasteiger partial charge in [-0.15, -0.1) is 0 Å². The third-order valence-electron chi connectivity index (χ3n) is 3.64. The van der Waals surface area contributed by atoms with Crippen LogP contribution in [0, 0.1) is 0 Å². The molecule has 0 bridgehead atoms. The zero-order valence-electron chi connectivity index (χ0n) is 11.1. The molecule has 0 aliphatic carbocycles. The van der Waals surface area contributed by atoms with Crippen molar-refractivity contribution in [2.45, 2.75) is 18.9 Å². The van der Waals surface area contributed by atoms with Crippen LogP contribution in [-0.2, 0) is 4.79 Å². The third kappa shape index (κ3) is 2.16. The van der Waals surface area contributed by atoms with E-state index < -0.39 is 23.5 Å². The quantitative estimate of drug-likeness (QED) is 0.862. The zero-order valence-corrected chi connectivity index (χ0v) is 11.1. The summed E-state index contributed by atoms with van der Waals surface area (Å²) in [7, 11) is 0. The van der Waals surface area contributed by atoms with Crippen molar-refractivity contribution in [2.75, 3.05) is 6.54 Å². The van der Waals surface area contributed by atoms with Crippen LogP contribution in [0.1, 0.15) is 23.2 Å². The van der Waals surface area contributed by atoms with Crippen LogP contribution in [0.4, 0.5) is 0 Å². The Balaban J connectivity index is 2.04. The summed E-state index contributed by atoms with van der Waals surface area (Å²) in [5.74, 6) is -1.62. The Hall–Kier alpha value is -2.70. The van der Waals surface area contributed by atoms with Crippen molar-refractivity contribution >= 4 is 17.5 Å². The van der Waals surface area contributed by atoms with Gasteiger partial charge in [-0.2, -0.15) is 0 Å². The second kappa shape index (κ2) is 5.01. The first kappa shape index (κ1) is 13.3. The van der Waals surface area contributed by atoms with Gasteiger partial charge < -0.3 is 10.0 Å². The van der Waals surface area contributed by atoms with E-state index in [9.17, 15) is 14.4 Å². The van der Waals surface area contributed by atoms with Crippen LogP contribution in [0.15, 0.2) is 35.4 Å². The van der Waals surface area contributed by atoms with Gasteiger partial charge >= 0.3 is 5.97 Å². The van der Waals surface area contributed by atoms with Gasteiger partial charge in [0.05, 0.1) is 0 Å². The van der Waals surface area contributed by atoms with Crippen LogP contribution in [0.2, 0.25) is 0 Å². The van der Waals surface area contributed by atoms with Crippen LogP contribution in [-0.4, -0.2) is 43.9 Å². The van der Waals surface area contributed by atoms with Gasteiger partial charge in [0.25, 0.3) is 11.5 Å². The fraction of sp³-hybridized carbons (Fsp3) is 0.286. The predicted molar refractivity (Wildman–Crippen MR) is 73.2 cm³/mol. The van der Waals surface area contributed by atoms with E-state index in [-0.39, 0.29) is 5.56 Å². The van der Waals surface area contributed by atoms with E-state index in [1.165, 1.54) is 21.7 Å². The summed E-state index contributed by atoms with van der Waals surface area (Å²) in [4.78, 5) is 41.2. The molecular formula is C14H13N3O4. The summed E-state index contributed by atoms with van der Waals surface area (Å²) in [5.41, 5.74) is -0.149. The fourth-order valence-corrected chi connectivity index (χ4v) is 2.59. The molecule has 1 aliphatic heterocycles. The van der Waals surface area contributed by atoms with E-state index in [2.05, 4.69) is 4.98 Å². The van der Waals surface area contributed by atoms with Crippen molar-refractivity contribution in [3.8, 4) is 0 Å². The largest absolute Gasteiger partial charge is 0.480 e. The van der Waals surface area contributed by atoms with Gasteiger partial charge in [-0.3, -0.25) is 14.0 Å². The van der Waals surface area contributed by atoms with Gasteiger partial charge in [-0.1, -0.05) is 6.07 Å². The average Bonchev–Trinajstić information content (AvgIpc) is 2.97. The van der Waals surface area contributed by atoms with Crippen LogP contribution < -0.4 is 5.56 Å². The Labute approximate surface area is 119 Å². The molecule has 3 rings (SSSR count). The average molecular weight is 287 g/mol. The summed E-state index contributed by atoms with van der Waals surface area (Å²) in [6.45, 7) is 0.340. The summed E-state index contributed by atoms with van der Waals surface area (Å²) in [5, 5.41) is 9.13. The Morgan fingerprint density at radius 3 is 2.90 bits per heavy atom. The summed E-state index contributed by atoms with van der Waals surface area (Å²) >= 11 is 0. The molecule has 1 aliphatic rings. The number of carbonyl (C=O) groups excluding carboxylic acids is 1. The third-order valence-corrected chi connectivity index (χ3v) is 3.64. The maximum atomic E-state index is 12.4. The van der Waals surface area contributed by atoms with Gasteiger partial charge in [-0.25, -0.2) is 9.78 Å². The first-order valence-electron chi connectivity index (χ1n) is 6.60. The molecule has 1 saturated heterocycles. The number of nitrogens with zero attached hydrogens (tertiary/aromatic N) is 3. The molecule has 0 unspecified atom stereocenters. The predicted octanol–water partition coefficient (Wildman–Crippen LogP) is 0.384. The molecule has 1 atom stereocenters. The number of hydrogen-bond acceptors (Lipinski definition) is 4. The molecule has 1 fully saturated rings. The van der Waals surface area contributed by atoms with Crippen molar-refractivity contribution < 1.29 is 14.7 Å². The molecule has 7 nitrogen and oxygen atoms in total. The van der Waals surface area contributed by atoms with Gasteiger partial charge in [-0.05, 0) is 25.0 Å². The summed E-state index contributed by atoms with van der Waals surface area (Å²) < 4.78 is 1.28. The van der Waals surface area contributed by atoms with Crippen LogP contribution in [0.25, 0.3) is 5.65 Å². The highest BCUT2D eigenvalue weighted by Gasteiger charge is 2.35. The van der Waals surface area contributed by atoms with E-state index in [0.29, 0.717) is 25.0 Å². The minimum atomic E-state index is -1.05. The number of pyridine rings is 1. The number of amides is 1. The number of carboxylic acids is 1. The smallest absolute Gasteiger partial charge is 0.326 e. The van der Waals surface area contributed by atoms with Crippen LogP contribution in [0.3, 0.4) is 0 Å². The van der Waals surface area contributed by atoms with Crippen LogP contribution >= 0.6 is 0 Å². The van der Waals surface area contributed by atoms with E-state index in [4.69, 9.17) is 5.11 Å². The Bertz CT molecular complexity index is 783. The van der Waals surface area contributed by atoms with E-state index in [1.807, 2.05) is 0 Å². The van der Waals surface area contributed by atoms with Gasteiger partial charge in [0.15, 0.2) is 0 Å². The lowest BCUT2D eigenvalue weighted by Crippen LogP contribution is -2.42. The van der Waals surface area contributed by atoms with Crippen molar-refractivity contribution in [1.82, 2.24) is 14.3 Å². The lowest BCUT2D eigenvalue weighted by Gasteiger charge is -2.20. The molecule has 21 heavy (non-hydrogen) atoms. The number of carboxylic acid groups (broad SMARTS) is 1. The highest BCUT2D eigenvalue weighted by Crippen LogP contribution is 2.19. The summed E-state index contributed by atoms with van der Waals surface area (Å²) in [6.07, 6.45) is 3.77. The Morgan fingerprint density at radius 2 is 2.14 bits per heavy atom. The van der Waals surface area contributed by atoms with Crippen molar-refractivity contribution in [2.24, 2.45) is 0 Å². The van der Waals surface area contributed by atoms with Crippen molar-refractivity contribution in [1.29, 1.82) is 0 Å². The number of carbonyl (C=O) groups is 2. The minimum Gasteiger partial charge on any atom is -0.480 e. The molecule has 0 spiro atoms. The second-order valence-electron chi connectivity index (χ2n) is 4.90. The molecule has 7 heteroatoms. The number of fused-ring (bicyclic) bond motifs is 1. The minimum absolute atomic E-state index is 0.105. The summed E-state index contributed by atoms with van der Waals surface area (Å²) in [6, 6.07) is 4.20. The van der Waals surface area contributed by atoms with E-state index >= 15 is 0 Å². The van der Waals surface area contributed by atoms with E-state index in [1.54, 1.807) is 18.2 Å². The zero-order chi connectivity index (χ0) is 15.0. The highest BCUT2D eigenvalue weighted by molar-refractivity contribution is 5.96. The fourth-order valence-electron chi connectivity index (χ4n) is 2.59. The normalized spacial score (nSPS) is 18.1. The number of aliphatic carboxylic acids is 1. The Morgan fingerprint density at radius 1 is 1.33 bits per heavy atom. The molecule has 1 N–H and O–H groups in total. The lowest BCUT2D eigenvalue weighted by molar-refractivity contribution is -0.141. The molecule has 2 aromatic rings. The van der Waals surface area contributed by atoms with Crippen LogP contribution in [0.5, 0.6) is 0 Å². The second-order valence-corrected chi connectivity index (χ2v) is 4.90. The number of rotatable bonds is 2. The van der Waals surface area contributed by atoms with Crippen molar-refractivity contribution in [3.05, 3.63) is 46.5 Å². The van der Waals surface area contributed by atoms with Gasteiger partial charge in [0.2, 0.25) is 0 Å². The molecular weight excluding hydrogens is 274 g/mol. The molecule has 3 heterocycles. The standard InChI is InChI=1S/C14H13N3O4/c18-12(16-7-3-4-10(16)14(20)21)9-8-15-11-5-1-2-6-17(11)13(9)19/h1-2,5-6,8,10H,3-4,7H2,(H,20,21)/t10-/m0/s1. The first-order chi connectivity index (χ1) is 10.1.